The van der Waals surface area contributed by atoms with Crippen molar-refractivity contribution in [2.45, 2.75) is 71.4 Å². The minimum absolute atomic E-state index is 0.0113. The van der Waals surface area contributed by atoms with Crippen LogP contribution in [-0.2, 0) is 24.2 Å². The van der Waals surface area contributed by atoms with E-state index in [0.717, 1.165) is 80.0 Å². The van der Waals surface area contributed by atoms with Crippen LogP contribution in [0.5, 0.6) is 0 Å². The van der Waals surface area contributed by atoms with Crippen molar-refractivity contribution in [1.82, 2.24) is 24.9 Å². The fraction of sp³-hybridized carbons (Fsp3) is 0.640. The third-order valence-corrected chi connectivity index (χ3v) is 7.47. The standard InChI is InChI=1S/C25H35N5O3/c1-17-7-3-4-11-28(17)14-10-26-21(31)16-30-15-19-8-9-20-22(23(19)27-30)18(2)24(33-20)25(32)29-12-5-6-13-29/h15,17H,3-14,16H2,1-2H3,(H,26,31). The Balaban J connectivity index is 1.24. The van der Waals surface area contributed by atoms with Gasteiger partial charge in [-0.15, -0.1) is 0 Å². The molecule has 0 radical (unpaired) electrons. The van der Waals surface area contributed by atoms with Crippen LogP contribution in [-0.4, -0.2) is 70.2 Å². The van der Waals surface area contributed by atoms with Gasteiger partial charge in [0.25, 0.3) is 5.91 Å². The summed E-state index contributed by atoms with van der Waals surface area (Å²) in [5, 5.41) is 7.78. The van der Waals surface area contributed by atoms with Gasteiger partial charge in [-0.1, -0.05) is 6.42 Å². The molecule has 1 unspecified atom stereocenters. The zero-order valence-electron chi connectivity index (χ0n) is 19.9. The van der Waals surface area contributed by atoms with Crippen LogP contribution in [0.15, 0.2) is 10.6 Å². The van der Waals surface area contributed by atoms with Crippen LogP contribution < -0.4 is 5.32 Å². The van der Waals surface area contributed by atoms with Gasteiger partial charge in [0.05, 0.1) is 5.69 Å². The number of hydrogen-bond donors (Lipinski definition) is 1. The highest BCUT2D eigenvalue weighted by molar-refractivity contribution is 5.95. The molecule has 3 aliphatic rings. The number of carbonyl (C=O) groups excluding carboxylic acids is 2. The molecule has 2 fully saturated rings. The van der Waals surface area contributed by atoms with Crippen molar-refractivity contribution in [2.24, 2.45) is 0 Å². The molecule has 178 valence electrons. The van der Waals surface area contributed by atoms with Gasteiger partial charge in [0, 0.05) is 56.0 Å². The molecular weight excluding hydrogens is 418 g/mol. The molecule has 2 aromatic heterocycles. The topological polar surface area (TPSA) is 83.6 Å². The summed E-state index contributed by atoms with van der Waals surface area (Å²) in [6, 6.07) is 0.600. The molecule has 33 heavy (non-hydrogen) atoms. The maximum atomic E-state index is 12.9. The number of fused-ring (bicyclic) bond motifs is 3. The molecule has 2 amide bonds. The Kier molecular flexibility index (Phi) is 6.27. The molecule has 2 saturated heterocycles. The predicted molar refractivity (Wildman–Crippen MR) is 125 cm³/mol. The molecule has 5 rings (SSSR count). The van der Waals surface area contributed by atoms with Gasteiger partial charge in [0.1, 0.15) is 12.3 Å². The van der Waals surface area contributed by atoms with Gasteiger partial charge in [-0.2, -0.15) is 5.10 Å². The number of aryl methyl sites for hydroxylation is 2. The minimum atomic E-state index is -0.0199. The molecule has 2 aliphatic heterocycles. The second-order valence-corrected chi connectivity index (χ2v) is 9.78. The Morgan fingerprint density at radius 2 is 1.94 bits per heavy atom. The van der Waals surface area contributed by atoms with Gasteiger partial charge in [-0.3, -0.25) is 19.2 Å². The van der Waals surface area contributed by atoms with Crippen LogP contribution >= 0.6 is 0 Å². The Labute approximate surface area is 195 Å². The highest BCUT2D eigenvalue weighted by atomic mass is 16.4. The van der Waals surface area contributed by atoms with E-state index in [9.17, 15) is 9.59 Å². The van der Waals surface area contributed by atoms with Crippen molar-refractivity contribution >= 4 is 11.8 Å². The summed E-state index contributed by atoms with van der Waals surface area (Å²) in [7, 11) is 0. The number of hydrogen-bond acceptors (Lipinski definition) is 5. The van der Waals surface area contributed by atoms with Crippen molar-refractivity contribution in [1.29, 1.82) is 0 Å². The zero-order valence-corrected chi connectivity index (χ0v) is 19.9. The van der Waals surface area contributed by atoms with Gasteiger partial charge < -0.3 is 14.6 Å². The molecule has 4 heterocycles. The van der Waals surface area contributed by atoms with E-state index in [-0.39, 0.29) is 18.4 Å². The van der Waals surface area contributed by atoms with E-state index < -0.39 is 0 Å². The van der Waals surface area contributed by atoms with E-state index in [0.29, 0.717) is 18.3 Å². The van der Waals surface area contributed by atoms with Crippen LogP contribution in [0.4, 0.5) is 0 Å². The van der Waals surface area contributed by atoms with E-state index in [2.05, 4.69) is 17.1 Å². The van der Waals surface area contributed by atoms with Crippen LogP contribution in [0.2, 0.25) is 0 Å². The number of likely N-dealkylation sites (tertiary alicyclic amines) is 2. The summed E-state index contributed by atoms with van der Waals surface area (Å²) < 4.78 is 7.78. The van der Waals surface area contributed by atoms with Crippen molar-refractivity contribution < 1.29 is 14.0 Å². The Bertz CT molecular complexity index is 1030. The Hall–Kier alpha value is -2.61. The normalized spacial score (nSPS) is 20.5. The third-order valence-electron chi connectivity index (χ3n) is 7.47. The fourth-order valence-electron chi connectivity index (χ4n) is 5.54. The lowest BCUT2D eigenvalue weighted by molar-refractivity contribution is -0.121. The van der Waals surface area contributed by atoms with E-state index in [1.54, 1.807) is 4.68 Å². The number of nitrogens with zero attached hydrogens (tertiary/aromatic N) is 4. The molecule has 1 aliphatic carbocycles. The first kappa shape index (κ1) is 22.2. The smallest absolute Gasteiger partial charge is 0.289 e. The summed E-state index contributed by atoms with van der Waals surface area (Å²) in [5.74, 6) is 1.26. The molecule has 1 N–H and O–H groups in total. The Morgan fingerprint density at radius 3 is 2.73 bits per heavy atom. The van der Waals surface area contributed by atoms with E-state index in [1.807, 2.05) is 18.0 Å². The summed E-state index contributed by atoms with van der Waals surface area (Å²) in [5.41, 5.74) is 3.78. The second-order valence-electron chi connectivity index (χ2n) is 9.78. The highest BCUT2D eigenvalue weighted by Gasteiger charge is 2.32. The monoisotopic (exact) mass is 453 g/mol. The minimum Gasteiger partial charge on any atom is -0.455 e. The summed E-state index contributed by atoms with van der Waals surface area (Å²) in [4.78, 5) is 29.8. The third kappa shape index (κ3) is 4.45. The maximum Gasteiger partial charge on any atom is 0.289 e. The molecule has 8 heteroatoms. The van der Waals surface area contributed by atoms with Gasteiger partial charge in [0.15, 0.2) is 5.76 Å². The lowest BCUT2D eigenvalue weighted by atomic mass is 9.93. The average Bonchev–Trinajstić information content (AvgIpc) is 3.53. The molecule has 0 saturated carbocycles. The van der Waals surface area contributed by atoms with E-state index >= 15 is 0 Å². The highest BCUT2D eigenvalue weighted by Crippen LogP contribution is 2.38. The number of aromatic nitrogens is 2. The number of amides is 2. The average molecular weight is 454 g/mol. The molecule has 8 nitrogen and oxygen atoms in total. The van der Waals surface area contributed by atoms with Gasteiger partial charge in [-0.05, 0) is 58.1 Å². The SMILES string of the molecule is Cc1c(C(=O)N2CCCC2)oc2c1-c1nn(CC(=O)NCCN3CCCCC3C)cc1CC2. The number of piperidine rings is 1. The number of nitrogens with one attached hydrogen (secondary N) is 1. The summed E-state index contributed by atoms with van der Waals surface area (Å²) in [6.45, 7) is 8.71. The first-order valence-corrected chi connectivity index (χ1v) is 12.5. The van der Waals surface area contributed by atoms with E-state index in [4.69, 9.17) is 9.52 Å². The Morgan fingerprint density at radius 1 is 1.15 bits per heavy atom. The van der Waals surface area contributed by atoms with Crippen molar-refractivity contribution in [3.05, 3.63) is 28.8 Å². The zero-order chi connectivity index (χ0) is 22.9. The van der Waals surface area contributed by atoms with E-state index in [1.165, 1.54) is 19.3 Å². The molecule has 1 atom stereocenters. The van der Waals surface area contributed by atoms with Crippen molar-refractivity contribution in [2.75, 3.05) is 32.7 Å². The van der Waals surface area contributed by atoms with Crippen molar-refractivity contribution in [3.63, 3.8) is 0 Å². The molecule has 2 aromatic rings. The lowest BCUT2D eigenvalue weighted by Crippen LogP contribution is -2.42. The maximum absolute atomic E-state index is 12.9. The predicted octanol–water partition coefficient (Wildman–Crippen LogP) is 2.78. The number of furan rings is 1. The van der Waals surface area contributed by atoms with Gasteiger partial charge in [0.2, 0.25) is 5.91 Å². The summed E-state index contributed by atoms with van der Waals surface area (Å²) in [6.07, 6.45) is 9.44. The molecular formula is C25H35N5O3. The second kappa shape index (κ2) is 9.33. The number of rotatable bonds is 6. The molecule has 0 spiro atoms. The van der Waals surface area contributed by atoms with Crippen LogP contribution in [0.1, 0.15) is 66.5 Å². The largest absolute Gasteiger partial charge is 0.455 e. The summed E-state index contributed by atoms with van der Waals surface area (Å²) >= 11 is 0. The van der Waals surface area contributed by atoms with Gasteiger partial charge >= 0.3 is 0 Å². The van der Waals surface area contributed by atoms with Crippen LogP contribution in [0.3, 0.4) is 0 Å². The first-order valence-electron chi connectivity index (χ1n) is 12.5. The van der Waals surface area contributed by atoms with Gasteiger partial charge in [-0.25, -0.2) is 0 Å². The quantitative estimate of drug-likeness (QED) is 0.727. The molecule has 0 bridgehead atoms. The number of carbonyl (C=O) groups is 2. The van der Waals surface area contributed by atoms with Crippen molar-refractivity contribution in [3.8, 4) is 11.3 Å². The first-order chi connectivity index (χ1) is 16.0. The molecule has 0 aromatic carbocycles. The fourth-order valence-corrected chi connectivity index (χ4v) is 5.54. The van der Waals surface area contributed by atoms with Crippen LogP contribution in [0.25, 0.3) is 11.3 Å². The van der Waals surface area contributed by atoms with Crippen LogP contribution in [0, 0.1) is 6.92 Å². The lowest BCUT2D eigenvalue weighted by Gasteiger charge is -2.33.